The number of nitrogens with one attached hydrogen (secondary N) is 1. The molecule has 0 radical (unpaired) electrons. The summed E-state index contributed by atoms with van der Waals surface area (Å²) in [5, 5.41) is 13.5. The van der Waals surface area contributed by atoms with E-state index in [0.717, 1.165) is 0 Å². The first-order valence-corrected chi connectivity index (χ1v) is 8.17. The van der Waals surface area contributed by atoms with Gasteiger partial charge in [0.25, 0.3) is 11.6 Å². The SMILES string of the molecule is CC(C)c1ccc(NC(=O)[C@H](C)Oc2ccc([N+](=O)[O-])cc2Cl)cc1. The Morgan fingerprint density at radius 2 is 1.80 bits per heavy atom. The van der Waals surface area contributed by atoms with Gasteiger partial charge in [-0.2, -0.15) is 0 Å². The zero-order chi connectivity index (χ0) is 18.6. The molecule has 25 heavy (non-hydrogen) atoms. The largest absolute Gasteiger partial charge is 0.479 e. The molecule has 0 spiro atoms. The first kappa shape index (κ1) is 18.7. The summed E-state index contributed by atoms with van der Waals surface area (Å²) >= 11 is 5.97. The van der Waals surface area contributed by atoms with E-state index in [1.54, 1.807) is 6.92 Å². The Kier molecular flexibility index (Phi) is 5.98. The number of carbonyl (C=O) groups is 1. The zero-order valence-electron chi connectivity index (χ0n) is 14.2. The molecule has 6 nitrogen and oxygen atoms in total. The van der Waals surface area contributed by atoms with Crippen molar-refractivity contribution in [3.05, 3.63) is 63.2 Å². The van der Waals surface area contributed by atoms with Crippen LogP contribution >= 0.6 is 11.6 Å². The van der Waals surface area contributed by atoms with Crippen LogP contribution in [0, 0.1) is 10.1 Å². The molecular weight excluding hydrogens is 344 g/mol. The van der Waals surface area contributed by atoms with Crippen molar-refractivity contribution in [3.63, 3.8) is 0 Å². The van der Waals surface area contributed by atoms with Gasteiger partial charge in [-0.3, -0.25) is 14.9 Å². The lowest BCUT2D eigenvalue weighted by Crippen LogP contribution is -2.30. The molecule has 0 fully saturated rings. The Morgan fingerprint density at radius 1 is 1.16 bits per heavy atom. The second-order valence-electron chi connectivity index (χ2n) is 5.90. The quantitative estimate of drug-likeness (QED) is 0.592. The minimum Gasteiger partial charge on any atom is -0.479 e. The number of carbonyl (C=O) groups excluding carboxylic acids is 1. The Bertz CT molecular complexity index is 775. The van der Waals surface area contributed by atoms with Crippen molar-refractivity contribution in [2.45, 2.75) is 32.8 Å². The highest BCUT2D eigenvalue weighted by atomic mass is 35.5. The van der Waals surface area contributed by atoms with E-state index < -0.39 is 11.0 Å². The van der Waals surface area contributed by atoms with Crippen LogP contribution in [0.2, 0.25) is 5.02 Å². The average Bonchev–Trinajstić information content (AvgIpc) is 2.56. The minimum absolute atomic E-state index is 0.0788. The molecule has 0 saturated heterocycles. The Balaban J connectivity index is 2.01. The van der Waals surface area contributed by atoms with E-state index in [0.29, 0.717) is 11.6 Å². The maximum atomic E-state index is 12.2. The maximum absolute atomic E-state index is 12.2. The van der Waals surface area contributed by atoms with Crippen molar-refractivity contribution >= 4 is 28.9 Å². The van der Waals surface area contributed by atoms with Gasteiger partial charge < -0.3 is 10.1 Å². The normalized spacial score (nSPS) is 11.9. The Morgan fingerprint density at radius 3 is 2.32 bits per heavy atom. The van der Waals surface area contributed by atoms with Gasteiger partial charge in [-0.1, -0.05) is 37.6 Å². The number of nitrogens with zero attached hydrogens (tertiary/aromatic N) is 1. The predicted octanol–water partition coefficient (Wildman–Crippen LogP) is 4.78. The van der Waals surface area contributed by atoms with E-state index in [1.807, 2.05) is 24.3 Å². The van der Waals surface area contributed by atoms with Crippen molar-refractivity contribution in [1.29, 1.82) is 0 Å². The summed E-state index contributed by atoms with van der Waals surface area (Å²) in [6.07, 6.45) is -0.816. The van der Waals surface area contributed by atoms with Crippen LogP contribution in [0.1, 0.15) is 32.3 Å². The molecule has 1 atom stereocenters. The van der Waals surface area contributed by atoms with E-state index in [-0.39, 0.29) is 22.4 Å². The number of nitro groups is 1. The summed E-state index contributed by atoms with van der Waals surface area (Å²) in [4.78, 5) is 22.4. The number of ether oxygens (including phenoxy) is 1. The number of anilines is 1. The third-order valence-corrected chi connectivity index (χ3v) is 3.94. The second kappa shape index (κ2) is 7.98. The molecule has 0 aliphatic rings. The van der Waals surface area contributed by atoms with Gasteiger partial charge in [0.15, 0.2) is 6.10 Å². The molecule has 0 heterocycles. The first-order chi connectivity index (χ1) is 11.8. The molecule has 0 aliphatic heterocycles. The van der Waals surface area contributed by atoms with Crippen molar-refractivity contribution in [3.8, 4) is 5.75 Å². The second-order valence-corrected chi connectivity index (χ2v) is 6.31. The number of non-ortho nitro benzene ring substituents is 1. The molecule has 0 aromatic heterocycles. The van der Waals surface area contributed by atoms with Crippen LogP contribution in [-0.4, -0.2) is 16.9 Å². The van der Waals surface area contributed by atoms with Crippen molar-refractivity contribution in [1.82, 2.24) is 0 Å². The van der Waals surface area contributed by atoms with Gasteiger partial charge in [-0.05, 0) is 36.6 Å². The molecule has 2 rings (SSSR count). The highest BCUT2D eigenvalue weighted by Gasteiger charge is 2.18. The lowest BCUT2D eigenvalue weighted by atomic mass is 10.0. The lowest BCUT2D eigenvalue weighted by Gasteiger charge is -2.16. The van der Waals surface area contributed by atoms with Crippen LogP contribution in [0.15, 0.2) is 42.5 Å². The highest BCUT2D eigenvalue weighted by Crippen LogP contribution is 2.29. The topological polar surface area (TPSA) is 81.5 Å². The Labute approximate surface area is 150 Å². The fraction of sp³-hybridized carbons (Fsp3) is 0.278. The molecule has 7 heteroatoms. The van der Waals surface area contributed by atoms with Crippen LogP contribution in [0.5, 0.6) is 5.75 Å². The fourth-order valence-corrected chi connectivity index (χ4v) is 2.36. The monoisotopic (exact) mass is 362 g/mol. The molecule has 132 valence electrons. The van der Waals surface area contributed by atoms with Gasteiger partial charge in [0, 0.05) is 17.8 Å². The first-order valence-electron chi connectivity index (χ1n) is 7.79. The van der Waals surface area contributed by atoms with E-state index in [2.05, 4.69) is 19.2 Å². The number of hydrogen-bond acceptors (Lipinski definition) is 4. The van der Waals surface area contributed by atoms with Gasteiger partial charge in [-0.15, -0.1) is 0 Å². The molecule has 0 unspecified atom stereocenters. The number of rotatable bonds is 6. The van der Waals surface area contributed by atoms with Crippen molar-refractivity contribution in [2.24, 2.45) is 0 Å². The predicted molar refractivity (Wildman–Crippen MR) is 97.4 cm³/mol. The minimum atomic E-state index is -0.816. The van der Waals surface area contributed by atoms with Gasteiger partial charge in [0.05, 0.1) is 9.95 Å². The molecule has 2 aromatic rings. The van der Waals surface area contributed by atoms with Crippen molar-refractivity contribution in [2.75, 3.05) is 5.32 Å². The third-order valence-electron chi connectivity index (χ3n) is 3.64. The van der Waals surface area contributed by atoms with Gasteiger partial charge in [0.2, 0.25) is 0 Å². The molecule has 1 amide bonds. The summed E-state index contributed by atoms with van der Waals surface area (Å²) in [6, 6.07) is 11.4. The van der Waals surface area contributed by atoms with E-state index in [4.69, 9.17) is 16.3 Å². The summed E-state index contributed by atoms with van der Waals surface area (Å²) in [7, 11) is 0. The standard InChI is InChI=1S/C18H19ClN2O4/c1-11(2)13-4-6-14(7-5-13)20-18(22)12(3)25-17-9-8-15(21(23)24)10-16(17)19/h4-12H,1-3H3,(H,20,22)/t12-/m0/s1. The summed E-state index contributed by atoms with van der Waals surface area (Å²) in [6.45, 7) is 5.77. The molecule has 0 bridgehead atoms. The molecular formula is C18H19ClN2O4. The molecule has 0 saturated carbocycles. The Hall–Kier alpha value is -2.60. The smallest absolute Gasteiger partial charge is 0.271 e. The number of hydrogen-bond donors (Lipinski definition) is 1. The van der Waals surface area contributed by atoms with Gasteiger partial charge >= 0.3 is 0 Å². The van der Waals surface area contributed by atoms with E-state index in [1.165, 1.54) is 23.8 Å². The third kappa shape index (κ3) is 4.93. The van der Waals surface area contributed by atoms with Crippen LogP contribution < -0.4 is 10.1 Å². The van der Waals surface area contributed by atoms with E-state index >= 15 is 0 Å². The summed E-state index contributed by atoms with van der Waals surface area (Å²) in [5.74, 6) is 0.285. The van der Waals surface area contributed by atoms with Crippen molar-refractivity contribution < 1.29 is 14.5 Å². The zero-order valence-corrected chi connectivity index (χ0v) is 14.9. The summed E-state index contributed by atoms with van der Waals surface area (Å²) < 4.78 is 5.51. The van der Waals surface area contributed by atoms with Gasteiger partial charge in [0.1, 0.15) is 5.75 Å². The molecule has 0 aliphatic carbocycles. The van der Waals surface area contributed by atoms with Crippen LogP contribution in [0.25, 0.3) is 0 Å². The van der Waals surface area contributed by atoms with E-state index in [9.17, 15) is 14.9 Å². The number of halogens is 1. The average molecular weight is 363 g/mol. The number of benzene rings is 2. The van der Waals surface area contributed by atoms with Crippen LogP contribution in [-0.2, 0) is 4.79 Å². The van der Waals surface area contributed by atoms with Crippen LogP contribution in [0.4, 0.5) is 11.4 Å². The number of amides is 1. The lowest BCUT2D eigenvalue weighted by molar-refractivity contribution is -0.384. The molecule has 1 N–H and O–H groups in total. The fourth-order valence-electron chi connectivity index (χ4n) is 2.14. The highest BCUT2D eigenvalue weighted by molar-refractivity contribution is 6.32. The van der Waals surface area contributed by atoms with Gasteiger partial charge in [-0.25, -0.2) is 0 Å². The molecule has 2 aromatic carbocycles. The summed E-state index contributed by atoms with van der Waals surface area (Å²) in [5.41, 5.74) is 1.71. The number of nitro benzene ring substituents is 1. The van der Waals surface area contributed by atoms with Crippen LogP contribution in [0.3, 0.4) is 0 Å². The maximum Gasteiger partial charge on any atom is 0.271 e.